The molecule has 194 valence electrons. The van der Waals surface area contributed by atoms with E-state index in [1.165, 1.54) is 36.0 Å². The number of nitrogens with zero attached hydrogens (tertiary/aromatic N) is 4. The van der Waals surface area contributed by atoms with E-state index in [-0.39, 0.29) is 11.7 Å². The molecule has 0 spiro atoms. The molecule has 5 rings (SSSR count). The number of halogens is 3. The number of rotatable bonds is 7. The fourth-order valence-electron chi connectivity index (χ4n) is 4.18. The van der Waals surface area contributed by atoms with Crippen molar-refractivity contribution in [2.24, 2.45) is 0 Å². The van der Waals surface area contributed by atoms with E-state index in [1.807, 2.05) is 42.5 Å². The fourth-order valence-corrected chi connectivity index (χ4v) is 5.46. The third-order valence-electron chi connectivity index (χ3n) is 6.12. The molecule has 0 radical (unpaired) electrons. The van der Waals surface area contributed by atoms with Crippen LogP contribution in [-0.4, -0.2) is 42.1 Å². The highest BCUT2D eigenvalue weighted by Crippen LogP contribution is 2.29. The Morgan fingerprint density at radius 2 is 1.63 bits per heavy atom. The number of carbonyl (C=O) groups excluding carboxylic acids is 1. The van der Waals surface area contributed by atoms with Crippen molar-refractivity contribution in [3.63, 3.8) is 0 Å². The maximum Gasteiger partial charge on any atom is 0.255 e. The summed E-state index contributed by atoms with van der Waals surface area (Å²) in [5.74, 6) is 0.741. The standard InChI is InChI=1S/C28H24Cl2FN5OS/c29-23-6-1-2-7-24(23)35-12-14-36(15-13-35)26-17-25(30)33-28(34-26)38-18-19-4-3-5-20(16-19)27(37)32-22-10-8-21(31)9-11-22/h1-11,16-17H,12-15,18H2,(H,32,37). The van der Waals surface area contributed by atoms with Gasteiger partial charge in [-0.3, -0.25) is 4.79 Å². The van der Waals surface area contributed by atoms with Crippen molar-refractivity contribution in [3.05, 3.63) is 106 Å². The van der Waals surface area contributed by atoms with Crippen LogP contribution in [0, 0.1) is 5.82 Å². The van der Waals surface area contributed by atoms with E-state index in [2.05, 4.69) is 20.1 Å². The number of carbonyl (C=O) groups is 1. The van der Waals surface area contributed by atoms with Gasteiger partial charge in [0.2, 0.25) is 0 Å². The van der Waals surface area contributed by atoms with E-state index in [0.29, 0.717) is 27.3 Å². The second kappa shape index (κ2) is 12.0. The summed E-state index contributed by atoms with van der Waals surface area (Å²) in [7, 11) is 0. The van der Waals surface area contributed by atoms with Gasteiger partial charge in [0.05, 0.1) is 10.7 Å². The molecule has 1 N–H and O–H groups in total. The summed E-state index contributed by atoms with van der Waals surface area (Å²) in [4.78, 5) is 26.3. The number of amides is 1. The van der Waals surface area contributed by atoms with Crippen LogP contribution < -0.4 is 15.1 Å². The molecule has 1 aliphatic rings. The summed E-state index contributed by atoms with van der Waals surface area (Å²) in [6.45, 7) is 3.21. The zero-order chi connectivity index (χ0) is 26.5. The van der Waals surface area contributed by atoms with Gasteiger partial charge in [0.25, 0.3) is 5.91 Å². The van der Waals surface area contributed by atoms with Gasteiger partial charge in [0.1, 0.15) is 16.8 Å². The summed E-state index contributed by atoms with van der Waals surface area (Å²) in [5.41, 5.74) is 3.03. The number of piperazine rings is 1. The minimum Gasteiger partial charge on any atom is -0.367 e. The van der Waals surface area contributed by atoms with Crippen LogP contribution in [0.3, 0.4) is 0 Å². The van der Waals surface area contributed by atoms with Gasteiger partial charge in [0.15, 0.2) is 5.16 Å². The number of thioether (sulfide) groups is 1. The summed E-state index contributed by atoms with van der Waals surface area (Å²) in [6, 6.07) is 22.7. The average molecular weight is 569 g/mol. The molecule has 4 aromatic rings. The van der Waals surface area contributed by atoms with Gasteiger partial charge < -0.3 is 15.1 Å². The number of benzene rings is 3. The Morgan fingerprint density at radius 3 is 2.39 bits per heavy atom. The van der Waals surface area contributed by atoms with Crippen molar-refractivity contribution in [2.45, 2.75) is 10.9 Å². The number of nitrogens with one attached hydrogen (secondary N) is 1. The molecule has 1 saturated heterocycles. The van der Waals surface area contributed by atoms with Crippen molar-refractivity contribution in [1.82, 2.24) is 9.97 Å². The SMILES string of the molecule is O=C(Nc1ccc(F)cc1)c1cccc(CSc2nc(Cl)cc(N3CCN(c4ccccc4Cl)CC3)n2)c1. The Labute approximate surface area is 234 Å². The Morgan fingerprint density at radius 1 is 0.895 bits per heavy atom. The third-order valence-corrected chi connectivity index (χ3v) is 7.55. The first-order valence-corrected chi connectivity index (χ1v) is 13.8. The van der Waals surface area contributed by atoms with E-state index in [4.69, 9.17) is 28.2 Å². The van der Waals surface area contributed by atoms with Crippen molar-refractivity contribution >= 4 is 58.1 Å². The molecule has 0 atom stereocenters. The van der Waals surface area contributed by atoms with Crippen LogP contribution in [0.2, 0.25) is 10.2 Å². The molecule has 3 aromatic carbocycles. The van der Waals surface area contributed by atoms with E-state index in [9.17, 15) is 9.18 Å². The van der Waals surface area contributed by atoms with Crippen LogP contribution in [0.15, 0.2) is 84.0 Å². The monoisotopic (exact) mass is 567 g/mol. The topological polar surface area (TPSA) is 61.4 Å². The van der Waals surface area contributed by atoms with Crippen molar-refractivity contribution in [2.75, 3.05) is 41.3 Å². The van der Waals surface area contributed by atoms with Crippen LogP contribution >= 0.6 is 35.0 Å². The van der Waals surface area contributed by atoms with Gasteiger partial charge >= 0.3 is 0 Å². The van der Waals surface area contributed by atoms with Crippen molar-refractivity contribution in [3.8, 4) is 0 Å². The molecule has 1 aliphatic heterocycles. The predicted molar refractivity (Wildman–Crippen MR) is 153 cm³/mol. The van der Waals surface area contributed by atoms with Crippen LogP contribution in [0.4, 0.5) is 21.6 Å². The molecule has 0 saturated carbocycles. The minimum absolute atomic E-state index is 0.263. The first kappa shape index (κ1) is 26.3. The molecular formula is C28H24Cl2FN5OS. The van der Waals surface area contributed by atoms with E-state index < -0.39 is 0 Å². The molecule has 0 bridgehead atoms. The lowest BCUT2D eigenvalue weighted by molar-refractivity contribution is 0.102. The van der Waals surface area contributed by atoms with Gasteiger partial charge in [-0.25, -0.2) is 14.4 Å². The maximum absolute atomic E-state index is 13.1. The summed E-state index contributed by atoms with van der Waals surface area (Å²) < 4.78 is 13.1. The molecule has 1 fully saturated rings. The number of hydrogen-bond acceptors (Lipinski definition) is 6. The third kappa shape index (κ3) is 6.56. The highest BCUT2D eigenvalue weighted by Gasteiger charge is 2.21. The fraction of sp³-hybridized carbons (Fsp3) is 0.179. The van der Waals surface area contributed by atoms with E-state index >= 15 is 0 Å². The second-order valence-electron chi connectivity index (χ2n) is 8.71. The smallest absolute Gasteiger partial charge is 0.255 e. The van der Waals surface area contributed by atoms with Gasteiger partial charge in [0, 0.05) is 49.2 Å². The van der Waals surface area contributed by atoms with Crippen LogP contribution in [-0.2, 0) is 5.75 Å². The van der Waals surface area contributed by atoms with Crippen molar-refractivity contribution in [1.29, 1.82) is 0 Å². The van der Waals surface area contributed by atoms with E-state index in [0.717, 1.165) is 48.3 Å². The lowest BCUT2D eigenvalue weighted by atomic mass is 10.1. The highest BCUT2D eigenvalue weighted by molar-refractivity contribution is 7.98. The highest BCUT2D eigenvalue weighted by atomic mass is 35.5. The minimum atomic E-state index is -0.354. The molecule has 10 heteroatoms. The number of anilines is 3. The summed E-state index contributed by atoms with van der Waals surface area (Å²) in [5, 5.41) is 4.49. The molecule has 2 heterocycles. The van der Waals surface area contributed by atoms with Gasteiger partial charge in [-0.05, 0) is 54.1 Å². The van der Waals surface area contributed by atoms with Crippen LogP contribution in [0.25, 0.3) is 0 Å². The lowest BCUT2D eigenvalue weighted by Gasteiger charge is -2.37. The van der Waals surface area contributed by atoms with Gasteiger partial charge in [-0.15, -0.1) is 0 Å². The molecule has 0 unspecified atom stereocenters. The lowest BCUT2D eigenvalue weighted by Crippen LogP contribution is -2.47. The first-order valence-electron chi connectivity index (χ1n) is 12.0. The number of aromatic nitrogens is 2. The predicted octanol–water partition coefficient (Wildman–Crippen LogP) is 6.79. The molecular weight excluding hydrogens is 544 g/mol. The zero-order valence-electron chi connectivity index (χ0n) is 20.3. The molecule has 6 nitrogen and oxygen atoms in total. The Hall–Kier alpha value is -3.33. The zero-order valence-corrected chi connectivity index (χ0v) is 22.6. The number of para-hydroxylation sites is 1. The Balaban J connectivity index is 1.21. The second-order valence-corrected chi connectivity index (χ2v) is 10.4. The average Bonchev–Trinajstić information content (AvgIpc) is 2.93. The van der Waals surface area contributed by atoms with Crippen molar-refractivity contribution < 1.29 is 9.18 Å². The number of hydrogen-bond donors (Lipinski definition) is 1. The Bertz CT molecular complexity index is 1430. The first-order chi connectivity index (χ1) is 18.4. The molecule has 1 aromatic heterocycles. The summed E-state index contributed by atoms with van der Waals surface area (Å²) >= 11 is 14.2. The van der Waals surface area contributed by atoms with Gasteiger partial charge in [-0.1, -0.05) is 59.2 Å². The van der Waals surface area contributed by atoms with E-state index in [1.54, 1.807) is 12.1 Å². The van der Waals surface area contributed by atoms with Gasteiger partial charge in [-0.2, -0.15) is 0 Å². The molecule has 1 amide bonds. The molecule has 38 heavy (non-hydrogen) atoms. The molecule has 0 aliphatic carbocycles. The quantitative estimate of drug-likeness (QED) is 0.151. The maximum atomic E-state index is 13.1. The summed E-state index contributed by atoms with van der Waals surface area (Å²) in [6.07, 6.45) is 0. The largest absolute Gasteiger partial charge is 0.367 e. The van der Waals surface area contributed by atoms with Crippen LogP contribution in [0.1, 0.15) is 15.9 Å². The normalized spacial score (nSPS) is 13.4. The van der Waals surface area contributed by atoms with Crippen LogP contribution in [0.5, 0.6) is 0 Å². The Kier molecular flexibility index (Phi) is 8.32.